The van der Waals surface area contributed by atoms with Crippen molar-refractivity contribution in [3.63, 3.8) is 0 Å². The summed E-state index contributed by atoms with van der Waals surface area (Å²) in [6.07, 6.45) is 3.31. The van der Waals surface area contributed by atoms with Crippen LogP contribution in [-0.2, 0) is 30.3 Å². The van der Waals surface area contributed by atoms with E-state index in [0.29, 0.717) is 23.6 Å². The van der Waals surface area contributed by atoms with Crippen LogP contribution in [0.3, 0.4) is 0 Å². The Balaban J connectivity index is 1.49. The molecule has 3 atom stereocenters. The minimum Gasteiger partial charge on any atom is -0.471 e. The largest absolute Gasteiger partial charge is 0.471 e. The van der Waals surface area contributed by atoms with Crippen molar-refractivity contribution in [3.05, 3.63) is 93.2 Å². The van der Waals surface area contributed by atoms with Crippen molar-refractivity contribution in [1.29, 1.82) is 0 Å². The first-order chi connectivity index (χ1) is 16.0. The number of hydrogen-bond donors (Lipinski definition) is 0. The van der Waals surface area contributed by atoms with E-state index in [0.717, 1.165) is 11.1 Å². The van der Waals surface area contributed by atoms with Gasteiger partial charge < -0.3 is 18.9 Å². The molecule has 0 saturated heterocycles. The average Bonchev–Trinajstić information content (AvgIpc) is 3.25. The number of allylic oxidation sites excluding steroid dienone is 1. The van der Waals surface area contributed by atoms with Gasteiger partial charge in [-0.1, -0.05) is 59.6 Å². The number of benzene rings is 2. The molecule has 0 bridgehead atoms. The summed E-state index contributed by atoms with van der Waals surface area (Å²) < 4.78 is 22.3. The molecule has 172 valence electrons. The molecule has 8 heteroatoms. The molecule has 0 fully saturated rings. The maximum absolute atomic E-state index is 12.6. The molecule has 4 rings (SSSR count). The minimum atomic E-state index is -0.643. The zero-order valence-electron chi connectivity index (χ0n) is 17.8. The Bertz CT molecular complexity index is 1100. The number of hydrogen-bond acceptors (Lipinski definition) is 6. The summed E-state index contributed by atoms with van der Waals surface area (Å²) >= 11 is 12.0. The summed E-state index contributed by atoms with van der Waals surface area (Å²) in [7, 11) is 1.33. The van der Waals surface area contributed by atoms with E-state index in [2.05, 4.69) is 0 Å². The lowest BCUT2D eigenvalue weighted by atomic mass is 9.83. The van der Waals surface area contributed by atoms with E-state index in [9.17, 15) is 9.59 Å². The molecule has 0 amide bonds. The lowest BCUT2D eigenvalue weighted by Gasteiger charge is -2.34. The van der Waals surface area contributed by atoms with Crippen LogP contribution in [0, 0.1) is 11.8 Å². The smallest absolute Gasteiger partial charge is 0.339 e. The van der Waals surface area contributed by atoms with Gasteiger partial charge in [-0.15, -0.1) is 0 Å². The van der Waals surface area contributed by atoms with Gasteiger partial charge in [-0.2, -0.15) is 0 Å². The maximum Gasteiger partial charge on any atom is 0.339 e. The van der Waals surface area contributed by atoms with E-state index in [1.54, 1.807) is 6.07 Å². The fraction of sp³-hybridized carbons (Fsp3) is 0.280. The van der Waals surface area contributed by atoms with E-state index in [-0.39, 0.29) is 29.0 Å². The van der Waals surface area contributed by atoms with Crippen molar-refractivity contribution in [2.24, 2.45) is 11.8 Å². The Kier molecular flexibility index (Phi) is 7.38. The number of carbonyl (C=O) groups is 2. The summed E-state index contributed by atoms with van der Waals surface area (Å²) in [6.45, 7) is 0.353. The van der Waals surface area contributed by atoms with Crippen molar-refractivity contribution in [1.82, 2.24) is 0 Å². The van der Waals surface area contributed by atoms with Crippen LogP contribution in [0.5, 0.6) is 0 Å². The predicted octanol–water partition coefficient (Wildman–Crippen LogP) is 5.34. The van der Waals surface area contributed by atoms with Gasteiger partial charge in [-0.3, -0.25) is 0 Å². The van der Waals surface area contributed by atoms with E-state index in [1.165, 1.54) is 25.5 Å². The van der Waals surface area contributed by atoms with Gasteiger partial charge in [0.25, 0.3) is 0 Å². The molecule has 2 aromatic rings. The number of rotatable bonds is 7. The lowest BCUT2D eigenvalue weighted by Crippen LogP contribution is -2.37. The SMILES string of the molecule is COC(=O)C1=CO[C@@H](OCc2ccccc2)[C@@H]2C(COC(=O)c3ccc(Cl)cc3Cl)=CC[C@H]12. The third kappa shape index (κ3) is 5.24. The molecule has 6 nitrogen and oxygen atoms in total. The van der Waals surface area contributed by atoms with Crippen LogP contribution < -0.4 is 0 Å². The maximum atomic E-state index is 12.6. The Morgan fingerprint density at radius 3 is 2.58 bits per heavy atom. The summed E-state index contributed by atoms with van der Waals surface area (Å²) in [5.41, 5.74) is 2.46. The van der Waals surface area contributed by atoms with E-state index in [1.807, 2.05) is 36.4 Å². The van der Waals surface area contributed by atoms with Gasteiger partial charge in [0, 0.05) is 10.9 Å². The molecular formula is C25H22Cl2O6. The van der Waals surface area contributed by atoms with Gasteiger partial charge in [0.2, 0.25) is 6.29 Å². The number of ether oxygens (including phenoxy) is 4. The lowest BCUT2D eigenvalue weighted by molar-refractivity contribution is -0.161. The highest BCUT2D eigenvalue weighted by Crippen LogP contribution is 2.44. The third-order valence-electron chi connectivity index (χ3n) is 5.72. The second-order valence-electron chi connectivity index (χ2n) is 7.71. The Hall–Kier alpha value is -2.80. The number of carbonyl (C=O) groups excluding carboxylic acids is 2. The standard InChI is InChI=1S/C25H22Cl2O6/c1-30-23(28)20-14-33-25(32-12-15-5-3-2-4-6-15)22-16(7-9-18(20)22)13-31-24(29)19-10-8-17(26)11-21(19)27/h2-8,10-11,14,18,22,25H,9,12-13H2,1H3/t18-,22-,25-/m1/s1. The van der Waals surface area contributed by atoms with Gasteiger partial charge in [0.15, 0.2) is 0 Å². The summed E-state index contributed by atoms with van der Waals surface area (Å²) in [5, 5.41) is 0.643. The molecular weight excluding hydrogens is 467 g/mol. The summed E-state index contributed by atoms with van der Waals surface area (Å²) in [5.74, 6) is -1.52. The van der Waals surface area contributed by atoms with Crippen LogP contribution >= 0.6 is 23.2 Å². The Morgan fingerprint density at radius 2 is 1.85 bits per heavy atom. The molecule has 2 aromatic carbocycles. The zero-order chi connectivity index (χ0) is 23.4. The van der Waals surface area contributed by atoms with Crippen LogP contribution in [0.4, 0.5) is 0 Å². The monoisotopic (exact) mass is 488 g/mol. The average molecular weight is 489 g/mol. The van der Waals surface area contributed by atoms with Crippen molar-refractivity contribution in [2.45, 2.75) is 19.3 Å². The van der Waals surface area contributed by atoms with E-state index in [4.69, 9.17) is 42.1 Å². The molecule has 1 aliphatic carbocycles. The first-order valence-electron chi connectivity index (χ1n) is 10.4. The molecule has 1 aliphatic heterocycles. The van der Waals surface area contributed by atoms with Crippen molar-refractivity contribution in [2.75, 3.05) is 13.7 Å². The molecule has 0 saturated carbocycles. The molecule has 33 heavy (non-hydrogen) atoms. The van der Waals surface area contributed by atoms with Gasteiger partial charge in [-0.05, 0) is 35.8 Å². The highest BCUT2D eigenvalue weighted by Gasteiger charge is 2.45. The number of halogens is 2. The molecule has 0 unspecified atom stereocenters. The number of methoxy groups -OCH3 is 1. The normalized spacial score (nSPS) is 21.4. The van der Waals surface area contributed by atoms with Crippen LogP contribution in [0.1, 0.15) is 22.3 Å². The fourth-order valence-corrected chi connectivity index (χ4v) is 4.55. The summed E-state index contributed by atoms with van der Waals surface area (Å²) in [6, 6.07) is 14.3. The minimum absolute atomic E-state index is 0.0158. The van der Waals surface area contributed by atoms with Crippen molar-refractivity contribution in [3.8, 4) is 0 Å². The van der Waals surface area contributed by atoms with E-state index >= 15 is 0 Å². The first-order valence-corrected chi connectivity index (χ1v) is 11.1. The second-order valence-corrected chi connectivity index (χ2v) is 8.56. The van der Waals surface area contributed by atoms with Crippen LogP contribution in [0.15, 0.2) is 72.0 Å². The molecule has 1 heterocycles. The Labute approximate surface area is 201 Å². The highest BCUT2D eigenvalue weighted by atomic mass is 35.5. The topological polar surface area (TPSA) is 71.1 Å². The van der Waals surface area contributed by atoms with Crippen molar-refractivity contribution < 1.29 is 28.5 Å². The number of fused-ring (bicyclic) bond motifs is 1. The van der Waals surface area contributed by atoms with Gasteiger partial charge in [0.1, 0.15) is 6.61 Å². The van der Waals surface area contributed by atoms with Crippen LogP contribution in [0.2, 0.25) is 10.0 Å². The summed E-state index contributed by atoms with van der Waals surface area (Å²) in [4.78, 5) is 24.9. The number of esters is 2. The first kappa shape index (κ1) is 23.4. The van der Waals surface area contributed by atoms with Crippen LogP contribution in [-0.4, -0.2) is 31.9 Å². The quantitative estimate of drug-likeness (QED) is 0.386. The molecule has 0 N–H and O–H groups in total. The molecule has 0 spiro atoms. The van der Waals surface area contributed by atoms with E-state index < -0.39 is 18.2 Å². The van der Waals surface area contributed by atoms with Gasteiger partial charge in [0.05, 0.1) is 42.1 Å². The van der Waals surface area contributed by atoms with Crippen molar-refractivity contribution >= 4 is 35.1 Å². The zero-order valence-corrected chi connectivity index (χ0v) is 19.3. The highest BCUT2D eigenvalue weighted by molar-refractivity contribution is 6.36. The van der Waals surface area contributed by atoms with Gasteiger partial charge in [-0.25, -0.2) is 9.59 Å². The fourth-order valence-electron chi connectivity index (χ4n) is 4.07. The molecule has 2 aliphatic rings. The molecule has 0 radical (unpaired) electrons. The predicted molar refractivity (Wildman–Crippen MR) is 123 cm³/mol. The third-order valence-corrected chi connectivity index (χ3v) is 6.26. The Morgan fingerprint density at radius 1 is 1.06 bits per heavy atom. The van der Waals surface area contributed by atoms with Crippen LogP contribution in [0.25, 0.3) is 0 Å². The van der Waals surface area contributed by atoms with Gasteiger partial charge >= 0.3 is 11.9 Å². The molecule has 0 aromatic heterocycles. The second kappa shape index (κ2) is 10.4.